The van der Waals surface area contributed by atoms with E-state index in [1.807, 2.05) is 6.07 Å². The van der Waals surface area contributed by atoms with Crippen LogP contribution in [0.25, 0.3) is 10.9 Å². The Hall–Kier alpha value is -3.15. The molecule has 6 heteroatoms. The lowest BCUT2D eigenvalue weighted by Crippen LogP contribution is -2.26. The van der Waals surface area contributed by atoms with Crippen molar-refractivity contribution in [3.8, 4) is 5.75 Å². The van der Waals surface area contributed by atoms with Gasteiger partial charge in [0.05, 0.1) is 18.0 Å². The molecule has 3 rings (SSSR count). The zero-order valence-electron chi connectivity index (χ0n) is 13.2. The number of benzene rings is 2. The number of hydrogen-bond donors (Lipinski definition) is 2. The summed E-state index contributed by atoms with van der Waals surface area (Å²) in [5.74, 6) is 0.977. The third-order valence-electron chi connectivity index (χ3n) is 3.64. The van der Waals surface area contributed by atoms with E-state index in [0.717, 1.165) is 0 Å². The molecular weight excluding hydrogens is 306 g/mol. The molecule has 6 nitrogen and oxygen atoms in total. The van der Waals surface area contributed by atoms with Gasteiger partial charge in [-0.15, -0.1) is 0 Å². The van der Waals surface area contributed by atoms with E-state index in [-0.39, 0.29) is 11.5 Å². The van der Waals surface area contributed by atoms with Gasteiger partial charge >= 0.3 is 0 Å². The average Bonchev–Trinajstić information content (AvgIpc) is 2.62. The molecule has 0 saturated heterocycles. The van der Waals surface area contributed by atoms with Crippen LogP contribution in [0.2, 0.25) is 0 Å². The van der Waals surface area contributed by atoms with Crippen LogP contribution in [0.1, 0.15) is 16.2 Å². The molecule has 2 N–H and O–H groups in total. The molecule has 0 fully saturated rings. The lowest BCUT2D eigenvalue weighted by molar-refractivity contribution is 0.0953. The van der Waals surface area contributed by atoms with E-state index in [1.165, 1.54) is 0 Å². The number of H-pyrrole nitrogens is 1. The second kappa shape index (κ2) is 6.95. The maximum absolute atomic E-state index is 12.1. The molecule has 0 bridgehead atoms. The van der Waals surface area contributed by atoms with Gasteiger partial charge in [-0.1, -0.05) is 18.2 Å². The first kappa shape index (κ1) is 15.7. The maximum Gasteiger partial charge on any atom is 0.258 e. The van der Waals surface area contributed by atoms with E-state index in [4.69, 9.17) is 4.74 Å². The van der Waals surface area contributed by atoms with Crippen molar-refractivity contribution in [1.82, 2.24) is 15.3 Å². The summed E-state index contributed by atoms with van der Waals surface area (Å²) in [7, 11) is 1.55. The average molecular weight is 323 g/mol. The van der Waals surface area contributed by atoms with Crippen molar-refractivity contribution in [2.45, 2.75) is 6.42 Å². The van der Waals surface area contributed by atoms with Crippen molar-refractivity contribution >= 4 is 16.8 Å². The molecule has 3 aromatic rings. The Bertz CT molecular complexity index is 934. The first-order chi connectivity index (χ1) is 11.7. The number of nitrogens with one attached hydrogen (secondary N) is 2. The minimum atomic E-state index is -0.197. The predicted octanol–water partition coefficient (Wildman–Crippen LogP) is 1.90. The van der Waals surface area contributed by atoms with E-state index < -0.39 is 0 Å². The number of carbonyl (C=O) groups excluding carboxylic acids is 1. The van der Waals surface area contributed by atoms with Crippen LogP contribution in [0.4, 0.5) is 0 Å². The molecule has 0 aliphatic rings. The fraction of sp³-hybridized carbons (Fsp3) is 0.167. The van der Waals surface area contributed by atoms with Crippen molar-refractivity contribution in [1.29, 1.82) is 0 Å². The van der Waals surface area contributed by atoms with Crippen LogP contribution in [-0.2, 0) is 6.42 Å². The van der Waals surface area contributed by atoms with E-state index in [1.54, 1.807) is 49.6 Å². The van der Waals surface area contributed by atoms with Crippen molar-refractivity contribution in [2.24, 2.45) is 0 Å². The van der Waals surface area contributed by atoms with Gasteiger partial charge in [-0.25, -0.2) is 4.98 Å². The van der Waals surface area contributed by atoms with Crippen LogP contribution in [0.15, 0.2) is 53.3 Å². The van der Waals surface area contributed by atoms with E-state index in [9.17, 15) is 9.59 Å². The normalized spacial score (nSPS) is 10.5. The molecule has 24 heavy (non-hydrogen) atoms. The molecule has 0 spiro atoms. The second-order valence-corrected chi connectivity index (χ2v) is 5.27. The zero-order valence-corrected chi connectivity index (χ0v) is 13.2. The number of methoxy groups -OCH3 is 1. The molecule has 0 aliphatic heterocycles. The summed E-state index contributed by atoms with van der Waals surface area (Å²) < 4.78 is 5.10. The number of aromatic amines is 1. The number of aromatic nitrogens is 2. The van der Waals surface area contributed by atoms with Crippen molar-refractivity contribution in [2.75, 3.05) is 13.7 Å². The lowest BCUT2D eigenvalue weighted by atomic mass is 10.2. The van der Waals surface area contributed by atoms with Gasteiger partial charge in [0.15, 0.2) is 0 Å². The summed E-state index contributed by atoms with van der Waals surface area (Å²) >= 11 is 0. The third-order valence-corrected chi connectivity index (χ3v) is 3.64. The Labute approximate surface area is 138 Å². The Morgan fingerprint density at radius 3 is 2.88 bits per heavy atom. The highest BCUT2D eigenvalue weighted by Gasteiger charge is 2.07. The van der Waals surface area contributed by atoms with Crippen molar-refractivity contribution in [3.63, 3.8) is 0 Å². The standard InChI is InChI=1S/C18H17N3O3/c1-24-13-6-4-5-12(11-13)17(22)19-10-9-16-20-15-8-3-2-7-14(15)18(23)21-16/h2-8,11H,9-10H2,1H3,(H,19,22)(H,20,21,23). The van der Waals surface area contributed by atoms with Crippen LogP contribution in [0.5, 0.6) is 5.75 Å². The molecule has 0 aliphatic carbocycles. The monoisotopic (exact) mass is 323 g/mol. The van der Waals surface area contributed by atoms with Crippen LogP contribution < -0.4 is 15.6 Å². The number of ether oxygens (including phenoxy) is 1. The Balaban J connectivity index is 1.66. The van der Waals surface area contributed by atoms with Crippen LogP contribution in [0.3, 0.4) is 0 Å². The van der Waals surface area contributed by atoms with Gasteiger partial charge in [0.2, 0.25) is 0 Å². The van der Waals surface area contributed by atoms with E-state index in [2.05, 4.69) is 15.3 Å². The summed E-state index contributed by atoms with van der Waals surface area (Å²) in [6.07, 6.45) is 0.440. The molecule has 1 heterocycles. The predicted molar refractivity (Wildman–Crippen MR) is 91.4 cm³/mol. The molecule has 0 atom stereocenters. The molecule has 2 aromatic carbocycles. The number of carbonyl (C=O) groups is 1. The largest absolute Gasteiger partial charge is 0.497 e. The number of rotatable bonds is 5. The summed E-state index contributed by atoms with van der Waals surface area (Å²) in [6, 6.07) is 14.1. The van der Waals surface area contributed by atoms with Crippen LogP contribution in [0, 0.1) is 0 Å². The lowest BCUT2D eigenvalue weighted by Gasteiger charge is -2.07. The smallest absolute Gasteiger partial charge is 0.258 e. The van der Waals surface area contributed by atoms with Crippen LogP contribution >= 0.6 is 0 Å². The second-order valence-electron chi connectivity index (χ2n) is 5.27. The number of nitrogens with zero attached hydrogens (tertiary/aromatic N) is 1. The maximum atomic E-state index is 12.1. The Morgan fingerprint density at radius 1 is 1.21 bits per heavy atom. The van der Waals surface area contributed by atoms with Crippen molar-refractivity contribution in [3.05, 3.63) is 70.3 Å². The number of hydrogen-bond acceptors (Lipinski definition) is 4. The fourth-order valence-electron chi connectivity index (χ4n) is 2.41. The molecule has 1 aromatic heterocycles. The van der Waals surface area contributed by atoms with Gasteiger partial charge in [0.1, 0.15) is 11.6 Å². The molecule has 0 unspecified atom stereocenters. The minimum absolute atomic E-state index is 0.172. The highest BCUT2D eigenvalue weighted by Crippen LogP contribution is 2.12. The third kappa shape index (κ3) is 3.43. The minimum Gasteiger partial charge on any atom is -0.497 e. The first-order valence-electron chi connectivity index (χ1n) is 7.57. The molecule has 0 radical (unpaired) electrons. The van der Waals surface area contributed by atoms with Gasteiger partial charge in [0.25, 0.3) is 11.5 Å². The van der Waals surface area contributed by atoms with Crippen molar-refractivity contribution < 1.29 is 9.53 Å². The SMILES string of the molecule is COc1cccc(C(=O)NCCc2nc3ccccc3c(=O)[nH]2)c1. The molecule has 0 saturated carbocycles. The summed E-state index contributed by atoms with van der Waals surface area (Å²) in [5, 5.41) is 3.37. The fourth-order valence-corrected chi connectivity index (χ4v) is 2.41. The number of amides is 1. The molecule has 1 amide bonds. The summed E-state index contributed by atoms with van der Waals surface area (Å²) in [5.41, 5.74) is 0.999. The van der Waals surface area contributed by atoms with Gasteiger partial charge in [-0.05, 0) is 30.3 Å². The van der Waals surface area contributed by atoms with Gasteiger partial charge in [-0.3, -0.25) is 9.59 Å². The Morgan fingerprint density at radius 2 is 2.04 bits per heavy atom. The van der Waals surface area contributed by atoms with Crippen LogP contribution in [-0.4, -0.2) is 29.5 Å². The molecular formula is C18H17N3O3. The van der Waals surface area contributed by atoms with Gasteiger partial charge in [-0.2, -0.15) is 0 Å². The van der Waals surface area contributed by atoms with E-state index >= 15 is 0 Å². The highest BCUT2D eigenvalue weighted by molar-refractivity contribution is 5.94. The quantitative estimate of drug-likeness (QED) is 0.751. The van der Waals surface area contributed by atoms with Gasteiger partial charge < -0.3 is 15.0 Å². The van der Waals surface area contributed by atoms with Gasteiger partial charge in [0, 0.05) is 18.5 Å². The Kier molecular flexibility index (Phi) is 4.56. The summed E-state index contributed by atoms with van der Waals surface area (Å²) in [6.45, 7) is 0.372. The molecule has 122 valence electrons. The summed E-state index contributed by atoms with van der Waals surface area (Å²) in [4.78, 5) is 31.3. The number of para-hydroxylation sites is 1. The first-order valence-corrected chi connectivity index (χ1v) is 7.57. The highest BCUT2D eigenvalue weighted by atomic mass is 16.5. The topological polar surface area (TPSA) is 84.1 Å². The zero-order chi connectivity index (χ0) is 16.9. The number of fused-ring (bicyclic) bond motifs is 1. The van der Waals surface area contributed by atoms with E-state index in [0.29, 0.717) is 41.0 Å².